The first-order valence-electron chi connectivity index (χ1n) is 7.09. The first-order valence-corrected chi connectivity index (χ1v) is 7.09. The van der Waals surface area contributed by atoms with Crippen LogP contribution in [0, 0.1) is 5.82 Å². The van der Waals surface area contributed by atoms with Gasteiger partial charge in [-0.15, -0.1) is 0 Å². The fourth-order valence-electron chi connectivity index (χ4n) is 2.08. The van der Waals surface area contributed by atoms with E-state index in [2.05, 4.69) is 10.6 Å². The van der Waals surface area contributed by atoms with Crippen molar-refractivity contribution >= 4 is 11.7 Å². The first kappa shape index (κ1) is 16.8. The molecule has 0 fully saturated rings. The second-order valence-electron chi connectivity index (χ2n) is 4.84. The summed E-state index contributed by atoms with van der Waals surface area (Å²) < 4.78 is 23.6. The molecule has 0 saturated heterocycles. The van der Waals surface area contributed by atoms with Gasteiger partial charge in [-0.25, -0.2) is 9.18 Å². The summed E-state index contributed by atoms with van der Waals surface area (Å²) in [6.45, 7) is 0.224. The molecule has 2 amide bonds. The summed E-state index contributed by atoms with van der Waals surface area (Å²) in [4.78, 5) is 11.9. The zero-order valence-corrected chi connectivity index (χ0v) is 13.0. The molecule has 0 radical (unpaired) electrons. The molecule has 5 nitrogen and oxygen atoms in total. The minimum Gasteiger partial charge on any atom is -0.497 e. The highest BCUT2D eigenvalue weighted by molar-refractivity contribution is 5.89. The van der Waals surface area contributed by atoms with Crippen LogP contribution < -0.4 is 15.4 Å². The normalized spacial score (nSPS) is 11.6. The van der Waals surface area contributed by atoms with Gasteiger partial charge in [-0.1, -0.05) is 12.1 Å². The summed E-state index contributed by atoms with van der Waals surface area (Å²) in [6, 6.07) is 12.7. The van der Waals surface area contributed by atoms with E-state index in [1.165, 1.54) is 19.2 Å². The van der Waals surface area contributed by atoms with E-state index in [0.717, 1.165) is 0 Å². The number of benzene rings is 2. The number of rotatable bonds is 6. The van der Waals surface area contributed by atoms with Gasteiger partial charge in [0.1, 0.15) is 11.6 Å². The van der Waals surface area contributed by atoms with Gasteiger partial charge in [-0.05, 0) is 42.0 Å². The summed E-state index contributed by atoms with van der Waals surface area (Å²) in [5.41, 5.74) is 1.31. The molecule has 0 aromatic heterocycles. The van der Waals surface area contributed by atoms with Gasteiger partial charge in [0.15, 0.2) is 0 Å². The van der Waals surface area contributed by atoms with Crippen LogP contribution in [0.4, 0.5) is 14.9 Å². The van der Waals surface area contributed by atoms with Gasteiger partial charge in [-0.3, -0.25) is 0 Å². The first-order chi connectivity index (χ1) is 11.1. The molecule has 0 aliphatic rings. The van der Waals surface area contributed by atoms with E-state index < -0.39 is 6.10 Å². The van der Waals surface area contributed by atoms with Gasteiger partial charge < -0.3 is 20.1 Å². The Labute approximate surface area is 134 Å². The van der Waals surface area contributed by atoms with Gasteiger partial charge in [0.2, 0.25) is 0 Å². The Kier molecular flexibility index (Phi) is 5.94. The van der Waals surface area contributed by atoms with Crippen molar-refractivity contribution in [3.63, 3.8) is 0 Å². The van der Waals surface area contributed by atoms with Gasteiger partial charge in [0, 0.05) is 19.3 Å². The second kappa shape index (κ2) is 8.14. The Morgan fingerprint density at radius 1 is 1.17 bits per heavy atom. The molecule has 0 saturated carbocycles. The quantitative estimate of drug-likeness (QED) is 0.859. The highest BCUT2D eigenvalue weighted by atomic mass is 19.1. The number of methoxy groups -OCH3 is 2. The van der Waals surface area contributed by atoms with E-state index in [0.29, 0.717) is 17.0 Å². The molecular formula is C17H19FN2O3. The minimum atomic E-state index is -0.424. The maximum Gasteiger partial charge on any atom is 0.319 e. The van der Waals surface area contributed by atoms with Gasteiger partial charge >= 0.3 is 6.03 Å². The molecule has 0 heterocycles. The number of anilines is 1. The van der Waals surface area contributed by atoms with Crippen LogP contribution in [0.15, 0.2) is 48.5 Å². The average molecular weight is 318 g/mol. The second-order valence-corrected chi connectivity index (χ2v) is 4.84. The summed E-state index contributed by atoms with van der Waals surface area (Å²) >= 11 is 0. The van der Waals surface area contributed by atoms with Crippen molar-refractivity contribution in [1.82, 2.24) is 5.32 Å². The Balaban J connectivity index is 1.89. The highest BCUT2D eigenvalue weighted by Gasteiger charge is 2.12. The lowest BCUT2D eigenvalue weighted by molar-refractivity contribution is 0.104. The average Bonchev–Trinajstić information content (AvgIpc) is 2.56. The molecule has 2 aromatic carbocycles. The number of hydrogen-bond acceptors (Lipinski definition) is 3. The molecule has 0 spiro atoms. The van der Waals surface area contributed by atoms with E-state index in [1.54, 1.807) is 43.5 Å². The van der Waals surface area contributed by atoms with Gasteiger partial charge in [0.05, 0.1) is 13.2 Å². The monoisotopic (exact) mass is 318 g/mol. The summed E-state index contributed by atoms with van der Waals surface area (Å²) in [5, 5.41) is 5.40. The number of carbonyl (C=O) groups is 1. The number of ether oxygens (including phenoxy) is 2. The van der Waals surface area contributed by atoms with Crippen LogP contribution >= 0.6 is 0 Å². The van der Waals surface area contributed by atoms with E-state index in [4.69, 9.17) is 9.47 Å². The van der Waals surface area contributed by atoms with Crippen LogP contribution in [0.1, 0.15) is 11.7 Å². The summed E-state index contributed by atoms with van der Waals surface area (Å²) in [6.07, 6.45) is -0.424. The molecule has 0 aliphatic heterocycles. The number of halogens is 1. The van der Waals surface area contributed by atoms with Gasteiger partial charge in [0.25, 0.3) is 0 Å². The maximum absolute atomic E-state index is 13.2. The third-order valence-electron chi connectivity index (χ3n) is 3.30. The van der Waals surface area contributed by atoms with Crippen molar-refractivity contribution in [3.8, 4) is 5.75 Å². The lowest BCUT2D eigenvalue weighted by Crippen LogP contribution is -2.32. The van der Waals surface area contributed by atoms with Crippen molar-refractivity contribution < 1.29 is 18.7 Å². The third kappa shape index (κ3) is 4.96. The van der Waals surface area contributed by atoms with E-state index in [9.17, 15) is 9.18 Å². The van der Waals surface area contributed by atoms with Crippen molar-refractivity contribution in [2.45, 2.75) is 6.10 Å². The highest BCUT2D eigenvalue weighted by Crippen LogP contribution is 2.17. The summed E-state index contributed by atoms with van der Waals surface area (Å²) in [7, 11) is 3.09. The number of amides is 2. The maximum atomic E-state index is 13.2. The standard InChI is InChI=1S/C17H19FN2O3/c1-22-15-8-6-14(7-9-15)20-17(21)19-11-16(23-2)12-4-3-5-13(18)10-12/h3-10,16H,11H2,1-2H3,(H2,19,20,21). The SMILES string of the molecule is COc1ccc(NC(=O)NCC(OC)c2cccc(F)c2)cc1. The minimum absolute atomic E-state index is 0.224. The molecule has 0 aliphatic carbocycles. The molecule has 1 atom stereocenters. The van der Waals surface area contributed by atoms with Crippen molar-refractivity contribution in [2.24, 2.45) is 0 Å². The van der Waals surface area contributed by atoms with Crippen LogP contribution in [0.25, 0.3) is 0 Å². The molecular weight excluding hydrogens is 299 g/mol. The fourth-order valence-corrected chi connectivity index (χ4v) is 2.08. The molecule has 2 rings (SSSR count). The van der Waals surface area contributed by atoms with E-state index in [1.807, 2.05) is 0 Å². The number of hydrogen-bond donors (Lipinski definition) is 2. The van der Waals surface area contributed by atoms with Crippen LogP contribution in [-0.4, -0.2) is 26.8 Å². The number of urea groups is 1. The lowest BCUT2D eigenvalue weighted by Gasteiger charge is -2.17. The molecule has 0 bridgehead atoms. The zero-order chi connectivity index (χ0) is 16.7. The van der Waals surface area contributed by atoms with Crippen molar-refractivity contribution in [3.05, 3.63) is 59.9 Å². The largest absolute Gasteiger partial charge is 0.497 e. The molecule has 6 heteroatoms. The van der Waals surface area contributed by atoms with Crippen molar-refractivity contribution in [2.75, 3.05) is 26.1 Å². The molecule has 2 N–H and O–H groups in total. The van der Waals surface area contributed by atoms with Crippen LogP contribution in [-0.2, 0) is 4.74 Å². The predicted molar refractivity (Wildman–Crippen MR) is 86.2 cm³/mol. The Morgan fingerprint density at radius 2 is 1.91 bits per heavy atom. The topological polar surface area (TPSA) is 59.6 Å². The number of carbonyl (C=O) groups excluding carboxylic acids is 1. The Morgan fingerprint density at radius 3 is 2.52 bits per heavy atom. The van der Waals surface area contributed by atoms with Crippen molar-refractivity contribution in [1.29, 1.82) is 0 Å². The number of nitrogens with one attached hydrogen (secondary N) is 2. The Hall–Kier alpha value is -2.60. The third-order valence-corrected chi connectivity index (χ3v) is 3.30. The van der Waals surface area contributed by atoms with E-state index >= 15 is 0 Å². The molecule has 122 valence electrons. The smallest absolute Gasteiger partial charge is 0.319 e. The molecule has 1 unspecified atom stereocenters. The zero-order valence-electron chi connectivity index (χ0n) is 13.0. The molecule has 2 aromatic rings. The Bertz CT molecular complexity index is 647. The molecule has 23 heavy (non-hydrogen) atoms. The van der Waals surface area contributed by atoms with Crippen LogP contribution in [0.2, 0.25) is 0 Å². The fraction of sp³-hybridized carbons (Fsp3) is 0.235. The lowest BCUT2D eigenvalue weighted by atomic mass is 10.1. The van der Waals surface area contributed by atoms with E-state index in [-0.39, 0.29) is 18.4 Å². The van der Waals surface area contributed by atoms with Gasteiger partial charge in [-0.2, -0.15) is 0 Å². The predicted octanol–water partition coefficient (Wildman–Crippen LogP) is 3.34. The van der Waals surface area contributed by atoms with Crippen LogP contribution in [0.3, 0.4) is 0 Å². The summed E-state index contributed by atoms with van der Waals surface area (Å²) in [5.74, 6) is 0.369. The van der Waals surface area contributed by atoms with Crippen LogP contribution in [0.5, 0.6) is 5.75 Å².